The van der Waals surface area contributed by atoms with E-state index in [1.54, 1.807) is 28.4 Å². The number of allylic oxidation sites excluding steroid dienone is 3. The monoisotopic (exact) mass is 547 g/mol. The second kappa shape index (κ2) is 11.7. The van der Waals surface area contributed by atoms with E-state index in [-0.39, 0.29) is 17.8 Å². The van der Waals surface area contributed by atoms with Gasteiger partial charge in [0.2, 0.25) is 0 Å². The minimum Gasteiger partial charge on any atom is -0.493 e. The lowest BCUT2D eigenvalue weighted by molar-refractivity contribution is -0.144. The molecule has 2 aromatic rings. The minimum atomic E-state index is -0.644. The van der Waals surface area contributed by atoms with E-state index in [1.807, 2.05) is 43.3 Å². The minimum absolute atomic E-state index is 0.0259. The lowest BCUT2D eigenvalue weighted by atomic mass is 9.71. The molecule has 5 rings (SSSR count). The molecule has 1 heterocycles. The topological polar surface area (TPSA) is 92.3 Å². The first-order valence-electron chi connectivity index (χ1n) is 13.8. The number of nitrogens with one attached hydrogen (secondary N) is 1. The Morgan fingerprint density at radius 3 is 2.27 bits per heavy atom. The highest BCUT2D eigenvalue weighted by atomic mass is 16.5. The Bertz CT molecular complexity index is 1370. The predicted molar refractivity (Wildman–Crippen MR) is 150 cm³/mol. The number of dihydropyridines is 1. The van der Waals surface area contributed by atoms with Crippen molar-refractivity contribution in [2.75, 3.05) is 28.4 Å². The molecule has 2 aliphatic carbocycles. The number of rotatable bonds is 8. The van der Waals surface area contributed by atoms with E-state index >= 15 is 0 Å². The summed E-state index contributed by atoms with van der Waals surface area (Å²) < 4.78 is 28.3. The highest BCUT2D eigenvalue weighted by Crippen LogP contribution is 2.50. The molecule has 40 heavy (non-hydrogen) atoms. The fourth-order valence-electron chi connectivity index (χ4n) is 6.32. The lowest BCUT2D eigenvalue weighted by Gasteiger charge is -2.37. The van der Waals surface area contributed by atoms with Gasteiger partial charge in [-0.15, -0.1) is 0 Å². The summed E-state index contributed by atoms with van der Waals surface area (Å²) >= 11 is 0. The fraction of sp³-hybridized carbons (Fsp3) is 0.438. The van der Waals surface area contributed by atoms with E-state index in [2.05, 4.69) is 5.32 Å². The van der Waals surface area contributed by atoms with E-state index in [1.165, 1.54) is 0 Å². The van der Waals surface area contributed by atoms with Crippen molar-refractivity contribution in [3.05, 3.63) is 70.1 Å². The number of methoxy groups -OCH3 is 4. The Kier molecular flexibility index (Phi) is 8.05. The van der Waals surface area contributed by atoms with E-state index in [9.17, 15) is 9.59 Å². The predicted octanol–water partition coefficient (Wildman–Crippen LogP) is 5.57. The van der Waals surface area contributed by atoms with E-state index in [0.717, 1.165) is 36.9 Å². The van der Waals surface area contributed by atoms with Gasteiger partial charge in [-0.2, -0.15) is 0 Å². The number of hydrogen-bond acceptors (Lipinski definition) is 8. The molecule has 1 fully saturated rings. The van der Waals surface area contributed by atoms with Crippen molar-refractivity contribution >= 4 is 11.8 Å². The quantitative estimate of drug-likeness (QED) is 0.429. The van der Waals surface area contributed by atoms with Crippen LogP contribution in [0, 0.1) is 0 Å². The van der Waals surface area contributed by atoms with Crippen LogP contribution in [0.2, 0.25) is 0 Å². The van der Waals surface area contributed by atoms with Gasteiger partial charge < -0.3 is 29.0 Å². The number of carbonyl (C=O) groups is 2. The van der Waals surface area contributed by atoms with E-state index in [0.29, 0.717) is 58.2 Å². The van der Waals surface area contributed by atoms with Crippen LogP contribution in [0.3, 0.4) is 0 Å². The Balaban J connectivity index is 1.59. The maximum Gasteiger partial charge on any atom is 0.337 e. The molecule has 1 saturated carbocycles. The standard InChI is InChI=1S/C32H37NO7/c1-18-28(32(35)40-21-9-6-7-10-21)29(22-11-8-12-26(37-3)31(22)39-5)30-23(33-18)15-20(16-24(30)34)19-13-14-25(36-2)27(17-19)38-4/h8,11-14,17,20-21,29,33H,6-7,9-10,15-16H2,1-5H3/t20-,29-/m1/s1. The van der Waals surface area contributed by atoms with Gasteiger partial charge in [-0.1, -0.05) is 18.2 Å². The molecule has 0 radical (unpaired) electrons. The molecule has 0 spiro atoms. The van der Waals surface area contributed by atoms with Gasteiger partial charge in [0.05, 0.1) is 39.9 Å². The highest BCUT2D eigenvalue weighted by molar-refractivity contribution is 6.04. The summed E-state index contributed by atoms with van der Waals surface area (Å²) in [4.78, 5) is 27.8. The summed E-state index contributed by atoms with van der Waals surface area (Å²) in [6, 6.07) is 11.3. The number of benzene rings is 2. The number of ketones is 1. The molecule has 3 aliphatic rings. The second-order valence-electron chi connectivity index (χ2n) is 10.5. The number of hydrogen-bond donors (Lipinski definition) is 1. The molecule has 0 bridgehead atoms. The lowest BCUT2D eigenvalue weighted by Crippen LogP contribution is -2.36. The molecule has 1 aliphatic heterocycles. The maximum absolute atomic E-state index is 14.0. The molecule has 212 valence electrons. The van der Waals surface area contributed by atoms with Crippen LogP contribution in [0.25, 0.3) is 0 Å². The molecule has 0 saturated heterocycles. The normalized spacial score (nSPS) is 21.1. The Morgan fingerprint density at radius 1 is 0.875 bits per heavy atom. The number of carbonyl (C=O) groups excluding carboxylic acids is 2. The molecule has 2 aromatic carbocycles. The van der Waals surface area contributed by atoms with Crippen LogP contribution in [0.5, 0.6) is 23.0 Å². The zero-order valence-corrected chi connectivity index (χ0v) is 23.8. The van der Waals surface area contributed by atoms with Crippen LogP contribution >= 0.6 is 0 Å². The van der Waals surface area contributed by atoms with Gasteiger partial charge in [-0.25, -0.2) is 4.79 Å². The van der Waals surface area contributed by atoms with E-state index < -0.39 is 11.9 Å². The SMILES string of the molecule is COc1ccc([C@H]2CC(=O)C3=C(C2)NC(C)=C(C(=O)OC2CCCC2)[C@H]3c2cccc(OC)c2OC)cc1OC. The molecule has 1 N–H and O–H groups in total. The van der Waals surface area contributed by atoms with Crippen LogP contribution in [-0.4, -0.2) is 46.3 Å². The number of Topliss-reactive ketones (excluding diaryl/α,β-unsaturated/α-hetero) is 1. The van der Waals surface area contributed by atoms with Crippen LogP contribution in [0.15, 0.2) is 58.9 Å². The molecule has 8 heteroatoms. The van der Waals surface area contributed by atoms with Crippen LogP contribution < -0.4 is 24.3 Å². The second-order valence-corrected chi connectivity index (χ2v) is 10.5. The van der Waals surface area contributed by atoms with Crippen molar-refractivity contribution in [2.24, 2.45) is 0 Å². The average molecular weight is 548 g/mol. The van der Waals surface area contributed by atoms with Gasteiger partial charge in [0, 0.05) is 29.0 Å². The van der Waals surface area contributed by atoms with Gasteiger partial charge in [0.1, 0.15) is 6.10 Å². The number of esters is 1. The van der Waals surface area contributed by atoms with Crippen molar-refractivity contribution in [3.63, 3.8) is 0 Å². The zero-order chi connectivity index (χ0) is 28.4. The Morgan fingerprint density at radius 2 is 1.60 bits per heavy atom. The molecule has 0 amide bonds. The summed E-state index contributed by atoms with van der Waals surface area (Å²) in [6.07, 6.45) is 4.61. The van der Waals surface area contributed by atoms with Gasteiger partial charge in [0.15, 0.2) is 28.8 Å². The molecular formula is C32H37NO7. The molecule has 2 atom stereocenters. The average Bonchev–Trinajstić information content (AvgIpc) is 3.48. The largest absolute Gasteiger partial charge is 0.493 e. The first-order chi connectivity index (χ1) is 19.4. The van der Waals surface area contributed by atoms with Gasteiger partial charge in [0.25, 0.3) is 0 Å². The van der Waals surface area contributed by atoms with Crippen molar-refractivity contribution in [2.45, 2.75) is 63.4 Å². The smallest absolute Gasteiger partial charge is 0.337 e. The van der Waals surface area contributed by atoms with Crippen LogP contribution in [-0.2, 0) is 14.3 Å². The van der Waals surface area contributed by atoms with Crippen LogP contribution in [0.4, 0.5) is 0 Å². The third-order valence-corrected chi connectivity index (χ3v) is 8.25. The van der Waals surface area contributed by atoms with E-state index in [4.69, 9.17) is 23.7 Å². The first kappa shape index (κ1) is 27.6. The summed E-state index contributed by atoms with van der Waals surface area (Å²) in [5.74, 6) is 1.16. The Labute approximate surface area is 235 Å². The molecule has 0 unspecified atom stereocenters. The van der Waals surface area contributed by atoms with Crippen molar-refractivity contribution in [3.8, 4) is 23.0 Å². The molecule has 0 aromatic heterocycles. The third kappa shape index (κ3) is 5.03. The zero-order valence-electron chi connectivity index (χ0n) is 23.8. The van der Waals surface area contributed by atoms with Crippen LogP contribution in [0.1, 0.15) is 68.4 Å². The van der Waals surface area contributed by atoms with Crippen molar-refractivity contribution < 1.29 is 33.3 Å². The summed E-state index contributed by atoms with van der Waals surface area (Å²) in [6.45, 7) is 1.87. The van der Waals surface area contributed by atoms with Gasteiger partial charge in [-0.05, 0) is 68.7 Å². The summed E-state index contributed by atoms with van der Waals surface area (Å²) in [5.41, 5.74) is 4.19. The molecule has 8 nitrogen and oxygen atoms in total. The van der Waals surface area contributed by atoms with Gasteiger partial charge >= 0.3 is 5.97 Å². The first-order valence-corrected chi connectivity index (χ1v) is 13.8. The summed E-state index contributed by atoms with van der Waals surface area (Å²) in [7, 11) is 6.34. The van der Waals surface area contributed by atoms with Crippen molar-refractivity contribution in [1.82, 2.24) is 5.32 Å². The third-order valence-electron chi connectivity index (χ3n) is 8.25. The van der Waals surface area contributed by atoms with Gasteiger partial charge in [-0.3, -0.25) is 4.79 Å². The highest BCUT2D eigenvalue weighted by Gasteiger charge is 2.43. The van der Waals surface area contributed by atoms with Crippen molar-refractivity contribution in [1.29, 1.82) is 0 Å². The number of para-hydroxylation sites is 1. The fourth-order valence-corrected chi connectivity index (χ4v) is 6.32. The Hall–Kier alpha value is -3.94. The summed E-state index contributed by atoms with van der Waals surface area (Å²) in [5, 5.41) is 3.43. The molecular weight excluding hydrogens is 510 g/mol. The number of ether oxygens (including phenoxy) is 5. The maximum atomic E-state index is 14.0.